The average Bonchev–Trinajstić information content (AvgIpc) is 2.94. The van der Waals surface area contributed by atoms with Crippen molar-refractivity contribution in [1.29, 1.82) is 0 Å². The summed E-state index contributed by atoms with van der Waals surface area (Å²) in [5.74, 6) is 0.851. The third-order valence-corrected chi connectivity index (χ3v) is 2.14. The Morgan fingerprint density at radius 1 is 1.46 bits per heavy atom. The van der Waals surface area contributed by atoms with Crippen LogP contribution in [0, 0.1) is 5.92 Å². The summed E-state index contributed by atoms with van der Waals surface area (Å²) in [4.78, 5) is 0. The van der Waals surface area contributed by atoms with Gasteiger partial charge in [-0.2, -0.15) is 0 Å². The van der Waals surface area contributed by atoms with Gasteiger partial charge >= 0.3 is 0 Å². The Balaban J connectivity index is 1.87. The van der Waals surface area contributed by atoms with Gasteiger partial charge in [-0.3, -0.25) is 0 Å². The van der Waals surface area contributed by atoms with E-state index in [1.165, 1.54) is 12.8 Å². The molecule has 1 aliphatic rings. The molecule has 1 aliphatic carbocycles. The summed E-state index contributed by atoms with van der Waals surface area (Å²) in [7, 11) is 0. The first-order chi connectivity index (χ1) is 6.33. The standard InChI is InChI=1S/C11H19NO/c1-2-11(12)5-3-4-8-13-9-10-6-7-10/h2-4,10-11H,1,5-9,12H2/b4-3-/t11-/m0/s1. The number of nitrogens with two attached hydrogens (primary N) is 1. The number of rotatable bonds is 7. The van der Waals surface area contributed by atoms with Crippen molar-refractivity contribution in [3.63, 3.8) is 0 Å². The van der Waals surface area contributed by atoms with Crippen molar-refractivity contribution >= 4 is 0 Å². The monoisotopic (exact) mass is 181 g/mol. The van der Waals surface area contributed by atoms with E-state index in [-0.39, 0.29) is 6.04 Å². The van der Waals surface area contributed by atoms with Gasteiger partial charge in [0.25, 0.3) is 0 Å². The van der Waals surface area contributed by atoms with Crippen molar-refractivity contribution in [2.24, 2.45) is 11.7 Å². The molecule has 0 saturated heterocycles. The minimum absolute atomic E-state index is 0.0830. The van der Waals surface area contributed by atoms with Crippen LogP contribution in [0.1, 0.15) is 19.3 Å². The molecule has 0 radical (unpaired) electrons. The van der Waals surface area contributed by atoms with Crippen LogP contribution in [-0.2, 0) is 4.74 Å². The molecule has 0 spiro atoms. The predicted molar refractivity (Wildman–Crippen MR) is 55.5 cm³/mol. The Morgan fingerprint density at radius 2 is 2.23 bits per heavy atom. The number of ether oxygens (including phenoxy) is 1. The smallest absolute Gasteiger partial charge is 0.0647 e. The molecule has 1 fully saturated rings. The van der Waals surface area contributed by atoms with Gasteiger partial charge in [-0.25, -0.2) is 0 Å². The van der Waals surface area contributed by atoms with E-state index in [0.717, 1.165) is 25.6 Å². The molecule has 1 rings (SSSR count). The molecular weight excluding hydrogens is 162 g/mol. The van der Waals surface area contributed by atoms with Crippen LogP contribution in [0.5, 0.6) is 0 Å². The Morgan fingerprint density at radius 3 is 2.85 bits per heavy atom. The zero-order valence-electron chi connectivity index (χ0n) is 8.11. The second kappa shape index (κ2) is 5.95. The van der Waals surface area contributed by atoms with Crippen LogP contribution in [0.25, 0.3) is 0 Å². The Labute approximate surface area is 80.5 Å². The highest BCUT2D eigenvalue weighted by Gasteiger charge is 2.20. The van der Waals surface area contributed by atoms with E-state index in [1.807, 2.05) is 6.08 Å². The van der Waals surface area contributed by atoms with Gasteiger partial charge in [0.2, 0.25) is 0 Å². The maximum absolute atomic E-state index is 5.64. The first-order valence-electron chi connectivity index (χ1n) is 4.94. The fraction of sp³-hybridized carbons (Fsp3) is 0.636. The van der Waals surface area contributed by atoms with E-state index in [0.29, 0.717) is 0 Å². The average molecular weight is 181 g/mol. The minimum Gasteiger partial charge on any atom is -0.377 e. The lowest BCUT2D eigenvalue weighted by atomic mass is 10.2. The number of hydrogen-bond acceptors (Lipinski definition) is 2. The fourth-order valence-corrected chi connectivity index (χ4v) is 1.00. The second-order valence-electron chi connectivity index (χ2n) is 3.59. The molecule has 0 aliphatic heterocycles. The van der Waals surface area contributed by atoms with E-state index in [9.17, 15) is 0 Å². The summed E-state index contributed by atoms with van der Waals surface area (Å²) >= 11 is 0. The zero-order valence-corrected chi connectivity index (χ0v) is 8.11. The van der Waals surface area contributed by atoms with E-state index in [1.54, 1.807) is 6.08 Å². The molecule has 1 saturated carbocycles. The van der Waals surface area contributed by atoms with Gasteiger partial charge in [0.1, 0.15) is 0 Å². The second-order valence-corrected chi connectivity index (χ2v) is 3.59. The molecule has 0 aromatic heterocycles. The quantitative estimate of drug-likeness (QED) is 0.480. The lowest BCUT2D eigenvalue weighted by Gasteiger charge is -2.00. The van der Waals surface area contributed by atoms with Crippen molar-refractivity contribution in [1.82, 2.24) is 0 Å². The van der Waals surface area contributed by atoms with Gasteiger partial charge in [-0.1, -0.05) is 18.2 Å². The molecule has 0 bridgehead atoms. The molecular formula is C11H19NO. The molecule has 0 unspecified atom stereocenters. The van der Waals surface area contributed by atoms with Crippen LogP contribution in [-0.4, -0.2) is 19.3 Å². The van der Waals surface area contributed by atoms with Crippen LogP contribution in [0.2, 0.25) is 0 Å². The summed E-state index contributed by atoms with van der Waals surface area (Å²) in [6.07, 6.45) is 9.41. The van der Waals surface area contributed by atoms with Crippen molar-refractivity contribution in [2.45, 2.75) is 25.3 Å². The summed E-state index contributed by atoms with van der Waals surface area (Å²) in [6, 6.07) is 0.0830. The Hall–Kier alpha value is -0.600. The van der Waals surface area contributed by atoms with E-state index in [2.05, 4.69) is 12.7 Å². The first-order valence-corrected chi connectivity index (χ1v) is 4.94. The molecule has 0 aromatic carbocycles. The topological polar surface area (TPSA) is 35.2 Å². The number of hydrogen-bond donors (Lipinski definition) is 1. The van der Waals surface area contributed by atoms with Crippen molar-refractivity contribution in [3.05, 3.63) is 24.8 Å². The van der Waals surface area contributed by atoms with Gasteiger partial charge in [-0.05, 0) is 25.2 Å². The minimum atomic E-state index is 0.0830. The highest BCUT2D eigenvalue weighted by Crippen LogP contribution is 2.28. The highest BCUT2D eigenvalue weighted by molar-refractivity contribution is 4.92. The summed E-state index contributed by atoms with van der Waals surface area (Å²) in [6.45, 7) is 5.27. The van der Waals surface area contributed by atoms with Crippen LogP contribution in [0.4, 0.5) is 0 Å². The van der Waals surface area contributed by atoms with Crippen LogP contribution in [0.3, 0.4) is 0 Å². The third kappa shape index (κ3) is 5.61. The van der Waals surface area contributed by atoms with E-state index in [4.69, 9.17) is 10.5 Å². The summed E-state index contributed by atoms with van der Waals surface area (Å²) in [5, 5.41) is 0. The van der Waals surface area contributed by atoms with Crippen molar-refractivity contribution in [2.75, 3.05) is 13.2 Å². The molecule has 2 N–H and O–H groups in total. The first kappa shape index (κ1) is 10.5. The van der Waals surface area contributed by atoms with Crippen molar-refractivity contribution < 1.29 is 4.74 Å². The highest BCUT2D eigenvalue weighted by atomic mass is 16.5. The SMILES string of the molecule is C=C[C@H](N)C/C=C\COCC1CC1. The lowest BCUT2D eigenvalue weighted by Crippen LogP contribution is -2.14. The normalized spacial score (nSPS) is 19.2. The largest absolute Gasteiger partial charge is 0.377 e. The van der Waals surface area contributed by atoms with Gasteiger partial charge < -0.3 is 10.5 Å². The van der Waals surface area contributed by atoms with E-state index < -0.39 is 0 Å². The predicted octanol–water partition coefficient (Wildman–Crippen LogP) is 1.87. The third-order valence-electron chi connectivity index (χ3n) is 2.14. The van der Waals surface area contributed by atoms with Crippen LogP contribution >= 0.6 is 0 Å². The molecule has 2 nitrogen and oxygen atoms in total. The van der Waals surface area contributed by atoms with Crippen LogP contribution in [0.15, 0.2) is 24.8 Å². The maximum atomic E-state index is 5.64. The molecule has 0 heterocycles. The van der Waals surface area contributed by atoms with Gasteiger partial charge in [0, 0.05) is 12.6 Å². The lowest BCUT2D eigenvalue weighted by molar-refractivity contribution is 0.151. The van der Waals surface area contributed by atoms with Crippen LogP contribution < -0.4 is 5.73 Å². The molecule has 1 atom stereocenters. The maximum Gasteiger partial charge on any atom is 0.0647 e. The fourth-order valence-electron chi connectivity index (χ4n) is 1.00. The van der Waals surface area contributed by atoms with Gasteiger partial charge in [-0.15, -0.1) is 6.58 Å². The molecule has 0 aromatic rings. The van der Waals surface area contributed by atoms with Gasteiger partial charge in [0.15, 0.2) is 0 Å². The molecule has 0 amide bonds. The summed E-state index contributed by atoms with van der Waals surface area (Å²) < 4.78 is 5.42. The summed E-state index contributed by atoms with van der Waals surface area (Å²) in [5.41, 5.74) is 5.64. The molecule has 2 heteroatoms. The zero-order chi connectivity index (χ0) is 9.52. The Bertz CT molecular complexity index is 173. The Kier molecular flexibility index (Phi) is 4.79. The molecule has 74 valence electrons. The molecule has 13 heavy (non-hydrogen) atoms. The van der Waals surface area contributed by atoms with Crippen molar-refractivity contribution in [3.8, 4) is 0 Å². The van der Waals surface area contributed by atoms with Gasteiger partial charge in [0.05, 0.1) is 6.61 Å². The van der Waals surface area contributed by atoms with E-state index >= 15 is 0 Å².